The summed E-state index contributed by atoms with van der Waals surface area (Å²) < 4.78 is 48.0. The SMILES string of the molecule is CCCCN(C)Cc1cn(C)nc1-c1ccc(OC(C)C)c(Cl)c1.CCCCN(C)Cc1cn(C)nc1-c1ccc(Oc2ccccc2)cc1.CCCCN(C)Cc1cnn(C)c1-c1ccc(Oc2ccccc2)cc1.CCCN(C)Cc1cn[nH]c1-c1ccc(Oc2cccc(F)c2)cc1.CCCN(C)Cc1cn[nH]c1-c1ccc(Oc2ccccc2)c(C#N)c1. The van der Waals surface area contributed by atoms with Crippen molar-refractivity contribution < 1.29 is 28.1 Å². The number of para-hydroxylation sites is 3. The van der Waals surface area contributed by atoms with Gasteiger partial charge < -0.3 is 48.2 Å². The number of aromatic nitrogens is 10. The summed E-state index contributed by atoms with van der Waals surface area (Å²) in [4.78, 5) is 11.6. The molecule has 666 valence electrons. The highest BCUT2D eigenvalue weighted by molar-refractivity contribution is 6.32. The van der Waals surface area contributed by atoms with Crippen LogP contribution in [0.5, 0.6) is 51.7 Å². The maximum Gasteiger partial charge on any atom is 0.145 e. The highest BCUT2D eigenvalue weighted by Gasteiger charge is 2.20. The van der Waals surface area contributed by atoms with Crippen LogP contribution in [0.2, 0.25) is 5.02 Å². The van der Waals surface area contributed by atoms with E-state index in [-0.39, 0.29) is 11.9 Å². The number of aromatic amines is 2. The Kier molecular flexibility index (Phi) is 38.6. The van der Waals surface area contributed by atoms with Gasteiger partial charge in [0.2, 0.25) is 0 Å². The number of hydrogen-bond acceptors (Lipinski definition) is 16. The minimum atomic E-state index is -0.313. The van der Waals surface area contributed by atoms with Crippen molar-refractivity contribution in [3.8, 4) is 114 Å². The molecule has 0 unspecified atom stereocenters. The number of H-pyrrole nitrogens is 2. The fourth-order valence-corrected chi connectivity index (χ4v) is 14.7. The Morgan fingerprint density at radius 3 is 1.25 bits per heavy atom. The highest BCUT2D eigenvalue weighted by Crippen LogP contribution is 2.36. The number of nitrogens with zero attached hydrogens (tertiary/aromatic N) is 14. The van der Waals surface area contributed by atoms with E-state index in [0.717, 1.165) is 163 Å². The van der Waals surface area contributed by atoms with E-state index in [0.29, 0.717) is 39.3 Å². The smallest absolute Gasteiger partial charge is 0.145 e. The quantitative estimate of drug-likeness (QED) is 0.0370. The maximum absolute atomic E-state index is 13.2. The van der Waals surface area contributed by atoms with Crippen LogP contribution < -0.4 is 23.7 Å². The summed E-state index contributed by atoms with van der Waals surface area (Å²) in [7, 11) is 16.6. The summed E-state index contributed by atoms with van der Waals surface area (Å²) in [6, 6.07) is 73.1. The molecule has 0 aliphatic carbocycles. The molecular formula is C104H126ClFN16O5. The van der Waals surface area contributed by atoms with Gasteiger partial charge in [0.1, 0.15) is 63.6 Å². The number of nitriles is 1. The summed E-state index contributed by atoms with van der Waals surface area (Å²) in [6.45, 7) is 24.7. The van der Waals surface area contributed by atoms with Crippen molar-refractivity contribution in [2.75, 3.05) is 68.0 Å². The third-order valence-corrected chi connectivity index (χ3v) is 21.0. The van der Waals surface area contributed by atoms with Gasteiger partial charge in [0.15, 0.2) is 0 Å². The molecule has 0 aliphatic heterocycles. The van der Waals surface area contributed by atoms with Crippen LogP contribution in [0.25, 0.3) is 56.3 Å². The third kappa shape index (κ3) is 30.7. The predicted molar refractivity (Wildman–Crippen MR) is 512 cm³/mol. The van der Waals surface area contributed by atoms with Gasteiger partial charge in [-0.05, 0) is 272 Å². The van der Waals surface area contributed by atoms with Crippen molar-refractivity contribution in [2.24, 2.45) is 21.1 Å². The fraction of sp³-hybridized carbons (Fsp3) is 0.327. The maximum atomic E-state index is 13.2. The van der Waals surface area contributed by atoms with Crippen LogP contribution in [0.3, 0.4) is 0 Å². The number of hydrogen-bond donors (Lipinski definition) is 2. The average Bonchev–Trinajstić information content (AvgIpc) is 1.73. The zero-order valence-corrected chi connectivity index (χ0v) is 77.4. The first-order chi connectivity index (χ1) is 61.6. The molecule has 5 heterocycles. The largest absolute Gasteiger partial charge is 0.489 e. The van der Waals surface area contributed by atoms with Gasteiger partial charge in [-0.15, -0.1) is 0 Å². The Morgan fingerprint density at radius 2 is 0.795 bits per heavy atom. The van der Waals surface area contributed by atoms with Gasteiger partial charge in [-0.25, -0.2) is 4.39 Å². The van der Waals surface area contributed by atoms with Crippen molar-refractivity contribution in [3.05, 3.63) is 300 Å². The van der Waals surface area contributed by atoms with Crippen molar-refractivity contribution in [3.63, 3.8) is 0 Å². The molecule has 2 N–H and O–H groups in total. The van der Waals surface area contributed by atoms with Crippen molar-refractivity contribution >= 4 is 11.6 Å². The van der Waals surface area contributed by atoms with Gasteiger partial charge in [-0.1, -0.05) is 126 Å². The summed E-state index contributed by atoms with van der Waals surface area (Å²) >= 11 is 6.39. The van der Waals surface area contributed by atoms with Crippen molar-refractivity contribution in [1.82, 2.24) is 74.2 Å². The van der Waals surface area contributed by atoms with E-state index in [1.54, 1.807) is 12.1 Å². The van der Waals surface area contributed by atoms with E-state index in [1.807, 2.05) is 244 Å². The second-order valence-electron chi connectivity index (χ2n) is 32.3. The van der Waals surface area contributed by atoms with E-state index in [2.05, 4.69) is 173 Å². The van der Waals surface area contributed by atoms with E-state index in [1.165, 1.54) is 73.0 Å². The second kappa shape index (κ2) is 50.6. The molecule has 0 saturated heterocycles. The van der Waals surface area contributed by atoms with Crippen LogP contribution in [-0.2, 0) is 53.9 Å². The van der Waals surface area contributed by atoms with Crippen molar-refractivity contribution in [2.45, 2.75) is 139 Å². The first kappa shape index (κ1) is 96.7. The van der Waals surface area contributed by atoms with E-state index >= 15 is 0 Å². The molecular weight excluding hydrogens is 1610 g/mol. The number of halogens is 2. The monoisotopic (exact) mass is 1730 g/mol. The Bertz CT molecular complexity index is 5580. The lowest BCUT2D eigenvalue weighted by Crippen LogP contribution is -2.19. The van der Waals surface area contributed by atoms with Crippen LogP contribution in [0.15, 0.2) is 255 Å². The number of nitrogens with one attached hydrogen (secondary N) is 2. The Morgan fingerprint density at radius 1 is 0.402 bits per heavy atom. The molecule has 14 aromatic rings. The molecule has 0 bridgehead atoms. The minimum absolute atomic E-state index is 0.103. The summed E-state index contributed by atoms with van der Waals surface area (Å²) in [6.07, 6.45) is 19.5. The van der Waals surface area contributed by atoms with E-state index in [4.69, 9.17) is 35.3 Å². The lowest BCUT2D eigenvalue weighted by Gasteiger charge is -2.16. The molecule has 0 radical (unpaired) electrons. The zero-order valence-electron chi connectivity index (χ0n) is 76.6. The second-order valence-corrected chi connectivity index (χ2v) is 32.7. The first-order valence-corrected chi connectivity index (χ1v) is 44.4. The van der Waals surface area contributed by atoms with Gasteiger partial charge >= 0.3 is 0 Å². The zero-order chi connectivity index (χ0) is 90.4. The molecule has 0 spiro atoms. The molecule has 0 aliphatic rings. The molecule has 21 nitrogen and oxygen atoms in total. The van der Waals surface area contributed by atoms with Gasteiger partial charge in [0, 0.05) is 128 Å². The molecule has 127 heavy (non-hydrogen) atoms. The van der Waals surface area contributed by atoms with Gasteiger partial charge in [-0.3, -0.25) is 24.2 Å². The number of ether oxygens (including phenoxy) is 5. The first-order valence-electron chi connectivity index (χ1n) is 44.1. The molecule has 14 rings (SSSR count). The van der Waals surface area contributed by atoms with Crippen LogP contribution in [0.4, 0.5) is 4.39 Å². The number of benzene rings is 9. The number of rotatable bonds is 38. The van der Waals surface area contributed by atoms with Crippen LogP contribution >= 0.6 is 11.6 Å². The van der Waals surface area contributed by atoms with E-state index < -0.39 is 0 Å². The minimum Gasteiger partial charge on any atom is -0.489 e. The van der Waals surface area contributed by atoms with Crippen LogP contribution in [0, 0.1) is 17.1 Å². The Labute approximate surface area is 756 Å². The molecule has 23 heteroatoms. The van der Waals surface area contributed by atoms with Crippen LogP contribution in [-0.4, -0.2) is 148 Å². The summed E-state index contributed by atoms with van der Waals surface area (Å²) in [5.41, 5.74) is 16.9. The standard InChI is InChI=1S/2C22H27N3O.C21H22N4O.C20H22FN3O.C19H28ClN3O/c1-4-5-15-24(2)16-19-17-25(3)23-22(19)18-11-13-21(14-12-18)26-20-9-7-6-8-10-20;1-4-5-15-24(2)17-19-16-23-25(3)22(19)18-11-13-21(14-12-18)26-20-9-7-6-8-10-20;1-3-11-25(2)15-18-14-23-24-21(18)16-9-10-20(17(12-16)13-22)26-19-7-5-4-6-8-19;1-3-11-24(2)14-16-13-22-23-20(16)15-7-9-18(10-8-15)25-19-6-4-5-17(21)12-19;1-6-7-10-22(4)12-16-13-23(5)21-19(16)15-8-9-18(17(20)11-15)24-14(2)3/h6-14,17H,4-5,15-16H2,1-3H3;6-14,16H,4-5,15,17H2,1-3H3;4-10,12,14H,3,11,15H2,1-2H3,(H,23,24);4-10,12-13H,3,11,14H2,1-2H3,(H,22,23);8-9,11,13-14H,6-7,10,12H2,1-5H3. The van der Waals surface area contributed by atoms with E-state index in [9.17, 15) is 9.65 Å². The van der Waals surface area contributed by atoms with Crippen molar-refractivity contribution in [1.29, 1.82) is 5.26 Å². The normalized spacial score (nSPS) is 11.1. The summed E-state index contributed by atoms with van der Waals surface area (Å²) in [5.74, 6) is 6.17. The molecule has 0 saturated carbocycles. The molecule has 5 aromatic heterocycles. The third-order valence-electron chi connectivity index (χ3n) is 20.7. The van der Waals surface area contributed by atoms with Gasteiger partial charge in [-0.2, -0.15) is 30.8 Å². The topological polar surface area (TPSA) is 197 Å². The molecule has 9 aromatic carbocycles. The molecule has 0 atom stereocenters. The van der Waals surface area contributed by atoms with Gasteiger partial charge in [0.05, 0.1) is 63.8 Å². The predicted octanol–water partition coefficient (Wildman–Crippen LogP) is 24.4. The average molecular weight is 1730 g/mol. The summed E-state index contributed by atoms with van der Waals surface area (Å²) in [5, 5.41) is 38.5. The molecule has 0 fully saturated rings. The molecule has 0 amide bonds. The van der Waals surface area contributed by atoms with Gasteiger partial charge in [0.25, 0.3) is 0 Å². The number of unbranched alkanes of at least 4 members (excludes halogenated alkanes) is 3. The fourth-order valence-electron chi connectivity index (χ4n) is 14.5. The lowest BCUT2D eigenvalue weighted by molar-refractivity contribution is 0.242. The Hall–Kier alpha value is -12.5. The number of aryl methyl sites for hydroxylation is 3. The highest BCUT2D eigenvalue weighted by atomic mass is 35.5. The Balaban J connectivity index is 0.000000166. The van der Waals surface area contributed by atoms with Crippen LogP contribution in [0.1, 0.15) is 133 Å². The lowest BCUT2D eigenvalue weighted by atomic mass is 10.0.